The number of aryl methyl sites for hydroxylation is 2. The maximum Gasteiger partial charge on any atom is 0.251 e. The summed E-state index contributed by atoms with van der Waals surface area (Å²) in [6, 6.07) is 13.5. The Morgan fingerprint density at radius 2 is 1.80 bits per heavy atom. The zero-order valence-electron chi connectivity index (χ0n) is 12.1. The van der Waals surface area contributed by atoms with Crippen molar-refractivity contribution in [1.29, 1.82) is 0 Å². The first-order valence-electron chi connectivity index (χ1n) is 6.58. The van der Waals surface area contributed by atoms with Gasteiger partial charge in [-0.2, -0.15) is 0 Å². The summed E-state index contributed by atoms with van der Waals surface area (Å²) in [6.07, 6.45) is 0. The summed E-state index contributed by atoms with van der Waals surface area (Å²) >= 11 is 0. The number of benzene rings is 2. The lowest BCUT2D eigenvalue weighted by molar-refractivity contribution is 0.0950. The van der Waals surface area contributed by atoms with Crippen LogP contribution in [0.25, 0.3) is 0 Å². The number of nitrogens with one attached hydrogen (secondary N) is 1. The van der Waals surface area contributed by atoms with Gasteiger partial charge in [0, 0.05) is 12.1 Å². The molecule has 3 nitrogen and oxygen atoms in total. The second-order valence-corrected chi connectivity index (χ2v) is 4.85. The van der Waals surface area contributed by atoms with Crippen molar-refractivity contribution in [2.75, 3.05) is 7.11 Å². The fraction of sp³-hybridized carbons (Fsp3) is 0.235. The molecule has 104 valence electrons. The molecule has 0 aromatic heterocycles. The highest BCUT2D eigenvalue weighted by molar-refractivity contribution is 5.95. The lowest BCUT2D eigenvalue weighted by atomic mass is 10.1. The number of hydrogen-bond donors (Lipinski definition) is 1. The first-order chi connectivity index (χ1) is 9.60. The molecule has 0 bridgehead atoms. The third-order valence-corrected chi connectivity index (χ3v) is 3.24. The quantitative estimate of drug-likeness (QED) is 0.925. The summed E-state index contributed by atoms with van der Waals surface area (Å²) in [7, 11) is 1.64. The van der Waals surface area contributed by atoms with Crippen LogP contribution in [0.2, 0.25) is 0 Å². The smallest absolute Gasteiger partial charge is 0.251 e. The number of hydrogen-bond acceptors (Lipinski definition) is 2. The summed E-state index contributed by atoms with van der Waals surface area (Å²) in [6.45, 7) is 4.48. The Morgan fingerprint density at radius 1 is 1.10 bits per heavy atom. The molecule has 3 heteroatoms. The summed E-state index contributed by atoms with van der Waals surface area (Å²) in [5, 5.41) is 2.93. The van der Waals surface area contributed by atoms with Gasteiger partial charge in [0.25, 0.3) is 5.91 Å². The van der Waals surface area contributed by atoms with E-state index < -0.39 is 0 Å². The molecule has 0 fully saturated rings. The lowest BCUT2D eigenvalue weighted by Gasteiger charge is -2.09. The van der Waals surface area contributed by atoms with E-state index in [9.17, 15) is 4.79 Å². The number of rotatable bonds is 4. The highest BCUT2D eigenvalue weighted by atomic mass is 16.5. The van der Waals surface area contributed by atoms with E-state index in [1.165, 1.54) is 0 Å². The molecule has 0 aliphatic heterocycles. The molecule has 0 saturated carbocycles. The van der Waals surface area contributed by atoms with E-state index in [1.54, 1.807) is 7.11 Å². The Morgan fingerprint density at radius 3 is 2.40 bits per heavy atom. The van der Waals surface area contributed by atoms with Crippen LogP contribution >= 0.6 is 0 Å². The molecule has 2 aromatic rings. The number of methoxy groups -OCH3 is 1. The Labute approximate surface area is 119 Å². The Bertz CT molecular complexity index is 603. The van der Waals surface area contributed by atoms with Crippen molar-refractivity contribution in [3.63, 3.8) is 0 Å². The normalized spacial score (nSPS) is 10.2. The monoisotopic (exact) mass is 269 g/mol. The van der Waals surface area contributed by atoms with Gasteiger partial charge in [-0.3, -0.25) is 4.79 Å². The fourth-order valence-corrected chi connectivity index (χ4v) is 2.09. The van der Waals surface area contributed by atoms with Crippen LogP contribution in [0.15, 0.2) is 42.5 Å². The molecule has 0 atom stereocenters. The molecule has 0 heterocycles. The van der Waals surface area contributed by atoms with Gasteiger partial charge in [-0.25, -0.2) is 0 Å². The number of carbonyl (C=O) groups is 1. The van der Waals surface area contributed by atoms with Crippen LogP contribution in [0.4, 0.5) is 0 Å². The SMILES string of the molecule is COc1ccc(CNC(=O)c2ccc(C)cc2C)cc1. The maximum atomic E-state index is 12.1. The highest BCUT2D eigenvalue weighted by Crippen LogP contribution is 2.13. The van der Waals surface area contributed by atoms with Crippen LogP contribution in [0.5, 0.6) is 5.75 Å². The van der Waals surface area contributed by atoms with Gasteiger partial charge in [0.15, 0.2) is 0 Å². The number of ether oxygens (including phenoxy) is 1. The zero-order chi connectivity index (χ0) is 14.5. The van der Waals surface area contributed by atoms with Crippen molar-refractivity contribution in [3.8, 4) is 5.75 Å². The first kappa shape index (κ1) is 14.1. The molecule has 0 saturated heterocycles. The summed E-state index contributed by atoms with van der Waals surface area (Å²) in [5.74, 6) is 0.771. The Hall–Kier alpha value is -2.29. The molecule has 0 aliphatic carbocycles. The van der Waals surface area contributed by atoms with Crippen LogP contribution in [0.1, 0.15) is 27.0 Å². The molecule has 1 amide bonds. The Kier molecular flexibility index (Phi) is 4.41. The second-order valence-electron chi connectivity index (χ2n) is 4.85. The predicted molar refractivity (Wildman–Crippen MR) is 80.1 cm³/mol. The molecule has 0 aliphatic rings. The minimum absolute atomic E-state index is 0.0432. The van der Waals surface area contributed by atoms with Crippen molar-refractivity contribution < 1.29 is 9.53 Å². The van der Waals surface area contributed by atoms with Crippen LogP contribution in [0.3, 0.4) is 0 Å². The lowest BCUT2D eigenvalue weighted by Crippen LogP contribution is -2.23. The van der Waals surface area contributed by atoms with E-state index in [1.807, 2.05) is 56.3 Å². The van der Waals surface area contributed by atoms with Crippen LogP contribution in [-0.2, 0) is 6.54 Å². The van der Waals surface area contributed by atoms with Crippen molar-refractivity contribution in [2.45, 2.75) is 20.4 Å². The van der Waals surface area contributed by atoms with Crippen molar-refractivity contribution in [1.82, 2.24) is 5.32 Å². The summed E-state index contributed by atoms with van der Waals surface area (Å²) in [4.78, 5) is 12.1. The van der Waals surface area contributed by atoms with Gasteiger partial charge >= 0.3 is 0 Å². The van der Waals surface area contributed by atoms with E-state index in [4.69, 9.17) is 4.74 Å². The molecule has 2 rings (SSSR count). The number of amides is 1. The van der Waals surface area contributed by atoms with E-state index in [0.717, 1.165) is 28.0 Å². The van der Waals surface area contributed by atoms with E-state index in [2.05, 4.69) is 5.32 Å². The molecular formula is C17H19NO2. The molecule has 1 N–H and O–H groups in total. The van der Waals surface area contributed by atoms with Crippen LogP contribution < -0.4 is 10.1 Å². The second kappa shape index (κ2) is 6.24. The fourth-order valence-electron chi connectivity index (χ4n) is 2.09. The van der Waals surface area contributed by atoms with Crippen LogP contribution in [0, 0.1) is 13.8 Å². The van der Waals surface area contributed by atoms with E-state index in [0.29, 0.717) is 6.54 Å². The maximum absolute atomic E-state index is 12.1. The van der Waals surface area contributed by atoms with Crippen molar-refractivity contribution in [2.24, 2.45) is 0 Å². The average Bonchev–Trinajstić information content (AvgIpc) is 2.45. The minimum Gasteiger partial charge on any atom is -0.497 e. The van der Waals surface area contributed by atoms with Gasteiger partial charge in [0.05, 0.1) is 7.11 Å². The molecule has 0 radical (unpaired) electrons. The molecule has 0 unspecified atom stereocenters. The van der Waals surface area contributed by atoms with E-state index >= 15 is 0 Å². The first-order valence-corrected chi connectivity index (χ1v) is 6.58. The Balaban J connectivity index is 2.00. The van der Waals surface area contributed by atoms with Gasteiger partial charge in [-0.15, -0.1) is 0 Å². The zero-order valence-corrected chi connectivity index (χ0v) is 12.1. The summed E-state index contributed by atoms with van der Waals surface area (Å²) in [5.41, 5.74) is 3.93. The average molecular weight is 269 g/mol. The van der Waals surface area contributed by atoms with Gasteiger partial charge in [0.2, 0.25) is 0 Å². The molecular weight excluding hydrogens is 250 g/mol. The highest BCUT2D eigenvalue weighted by Gasteiger charge is 2.08. The number of carbonyl (C=O) groups excluding carboxylic acids is 1. The molecule has 2 aromatic carbocycles. The van der Waals surface area contributed by atoms with Gasteiger partial charge in [0.1, 0.15) is 5.75 Å². The third-order valence-electron chi connectivity index (χ3n) is 3.24. The third kappa shape index (κ3) is 3.38. The van der Waals surface area contributed by atoms with Gasteiger partial charge in [-0.05, 0) is 43.2 Å². The predicted octanol–water partition coefficient (Wildman–Crippen LogP) is 3.24. The molecule has 0 spiro atoms. The van der Waals surface area contributed by atoms with Gasteiger partial charge in [-0.1, -0.05) is 29.8 Å². The van der Waals surface area contributed by atoms with E-state index in [-0.39, 0.29) is 5.91 Å². The van der Waals surface area contributed by atoms with Crippen LogP contribution in [-0.4, -0.2) is 13.0 Å². The molecule has 20 heavy (non-hydrogen) atoms. The largest absolute Gasteiger partial charge is 0.497 e. The standard InChI is InChI=1S/C17H19NO2/c1-12-4-9-16(13(2)10-12)17(19)18-11-14-5-7-15(20-3)8-6-14/h4-10H,11H2,1-3H3,(H,18,19). The van der Waals surface area contributed by atoms with Crippen molar-refractivity contribution in [3.05, 3.63) is 64.7 Å². The topological polar surface area (TPSA) is 38.3 Å². The van der Waals surface area contributed by atoms with Gasteiger partial charge < -0.3 is 10.1 Å². The summed E-state index contributed by atoms with van der Waals surface area (Å²) < 4.78 is 5.10. The van der Waals surface area contributed by atoms with Crippen molar-refractivity contribution >= 4 is 5.91 Å². The minimum atomic E-state index is -0.0432.